The first kappa shape index (κ1) is 17.3. The van der Waals surface area contributed by atoms with E-state index in [1.165, 1.54) is 27.5 Å². The van der Waals surface area contributed by atoms with Crippen LogP contribution in [0.3, 0.4) is 0 Å². The molecular weight excluding hydrogens is 338 g/mol. The highest BCUT2D eigenvalue weighted by Gasteiger charge is 2.18. The van der Waals surface area contributed by atoms with Crippen LogP contribution in [0.1, 0.15) is 21.8 Å². The van der Waals surface area contributed by atoms with Crippen molar-refractivity contribution in [3.8, 4) is 0 Å². The molecule has 4 heteroatoms. The molecule has 0 saturated carbocycles. The van der Waals surface area contributed by atoms with Gasteiger partial charge in [-0.3, -0.25) is 4.90 Å². The largest absolute Gasteiger partial charge is 0.369 e. The second kappa shape index (κ2) is 8.02. The molecule has 3 aromatic rings. The minimum absolute atomic E-state index is 0.937. The van der Waals surface area contributed by atoms with Gasteiger partial charge >= 0.3 is 0 Å². The van der Waals surface area contributed by atoms with E-state index in [4.69, 9.17) is 4.98 Å². The highest BCUT2D eigenvalue weighted by Crippen LogP contribution is 2.20. The summed E-state index contributed by atoms with van der Waals surface area (Å²) >= 11 is 1.78. The third kappa shape index (κ3) is 4.32. The number of aromatic nitrogens is 1. The molecule has 0 amide bonds. The van der Waals surface area contributed by atoms with Crippen molar-refractivity contribution in [3.63, 3.8) is 0 Å². The van der Waals surface area contributed by atoms with E-state index in [1.54, 1.807) is 11.3 Å². The zero-order valence-corrected chi connectivity index (χ0v) is 16.1. The van der Waals surface area contributed by atoms with Gasteiger partial charge in [-0.25, -0.2) is 4.98 Å². The normalized spacial score (nSPS) is 15.3. The first-order chi connectivity index (χ1) is 12.8. The van der Waals surface area contributed by atoms with Gasteiger partial charge < -0.3 is 4.90 Å². The maximum atomic E-state index is 4.85. The fourth-order valence-corrected chi connectivity index (χ4v) is 4.31. The van der Waals surface area contributed by atoms with Crippen molar-refractivity contribution < 1.29 is 0 Å². The SMILES string of the molecule is Cc1cccc(N2CCN(Cc3csc(Cc4ccccc4)n3)CC2)c1. The topological polar surface area (TPSA) is 19.4 Å². The van der Waals surface area contributed by atoms with Crippen LogP contribution in [0, 0.1) is 6.92 Å². The highest BCUT2D eigenvalue weighted by atomic mass is 32.1. The van der Waals surface area contributed by atoms with Gasteiger partial charge in [0.2, 0.25) is 0 Å². The number of aryl methyl sites for hydroxylation is 1. The first-order valence-corrected chi connectivity index (χ1v) is 10.2. The van der Waals surface area contributed by atoms with Gasteiger partial charge in [-0.05, 0) is 30.2 Å². The predicted octanol–water partition coefficient (Wildman–Crippen LogP) is 4.36. The Bertz CT molecular complexity index is 835. The number of thiazole rings is 1. The summed E-state index contributed by atoms with van der Waals surface area (Å²) in [5.74, 6) is 0. The summed E-state index contributed by atoms with van der Waals surface area (Å²) in [5, 5.41) is 3.44. The van der Waals surface area contributed by atoms with Gasteiger partial charge in [-0.1, -0.05) is 42.5 Å². The fourth-order valence-electron chi connectivity index (χ4n) is 3.49. The molecule has 134 valence electrons. The minimum atomic E-state index is 0.937. The van der Waals surface area contributed by atoms with Crippen LogP contribution in [0.2, 0.25) is 0 Å². The third-order valence-corrected chi connectivity index (χ3v) is 5.82. The highest BCUT2D eigenvalue weighted by molar-refractivity contribution is 7.09. The molecule has 0 atom stereocenters. The van der Waals surface area contributed by atoms with Gasteiger partial charge in [0, 0.05) is 50.2 Å². The van der Waals surface area contributed by atoms with Crippen molar-refractivity contribution in [3.05, 3.63) is 81.8 Å². The lowest BCUT2D eigenvalue weighted by molar-refractivity contribution is 0.247. The van der Waals surface area contributed by atoms with E-state index in [2.05, 4.69) is 76.7 Å². The van der Waals surface area contributed by atoms with Gasteiger partial charge in [-0.15, -0.1) is 11.3 Å². The predicted molar refractivity (Wildman–Crippen MR) is 110 cm³/mol. The average Bonchev–Trinajstić information content (AvgIpc) is 3.10. The second-order valence-corrected chi connectivity index (χ2v) is 7.94. The van der Waals surface area contributed by atoms with Gasteiger partial charge in [0.25, 0.3) is 0 Å². The van der Waals surface area contributed by atoms with Crippen molar-refractivity contribution in [2.24, 2.45) is 0 Å². The minimum Gasteiger partial charge on any atom is -0.369 e. The Kier molecular flexibility index (Phi) is 5.32. The number of rotatable bonds is 5. The number of benzene rings is 2. The van der Waals surface area contributed by atoms with Crippen LogP contribution in [-0.4, -0.2) is 36.1 Å². The van der Waals surface area contributed by atoms with E-state index >= 15 is 0 Å². The van der Waals surface area contributed by atoms with Gasteiger partial charge in [0.05, 0.1) is 10.7 Å². The average molecular weight is 364 g/mol. The molecule has 0 unspecified atom stereocenters. The van der Waals surface area contributed by atoms with Crippen LogP contribution in [0.25, 0.3) is 0 Å². The zero-order chi connectivity index (χ0) is 17.8. The van der Waals surface area contributed by atoms with Crippen LogP contribution < -0.4 is 4.90 Å². The first-order valence-electron chi connectivity index (χ1n) is 9.27. The van der Waals surface area contributed by atoms with Gasteiger partial charge in [0.15, 0.2) is 0 Å². The van der Waals surface area contributed by atoms with Gasteiger partial charge in [-0.2, -0.15) is 0 Å². The number of piperazine rings is 1. The van der Waals surface area contributed by atoms with Crippen LogP contribution in [0.4, 0.5) is 5.69 Å². The van der Waals surface area contributed by atoms with Gasteiger partial charge in [0.1, 0.15) is 0 Å². The molecule has 1 aromatic heterocycles. The van der Waals surface area contributed by atoms with Crippen LogP contribution >= 0.6 is 11.3 Å². The lowest BCUT2D eigenvalue weighted by Crippen LogP contribution is -2.46. The lowest BCUT2D eigenvalue weighted by atomic mass is 10.2. The van der Waals surface area contributed by atoms with E-state index < -0.39 is 0 Å². The molecular formula is C22H25N3S. The summed E-state index contributed by atoms with van der Waals surface area (Å²) in [4.78, 5) is 9.86. The van der Waals surface area contributed by atoms with Crippen molar-refractivity contribution in [2.45, 2.75) is 19.9 Å². The Labute approximate surface area is 159 Å². The molecule has 0 radical (unpaired) electrons. The van der Waals surface area contributed by atoms with E-state index in [0.717, 1.165) is 39.1 Å². The van der Waals surface area contributed by atoms with Crippen LogP contribution in [-0.2, 0) is 13.0 Å². The van der Waals surface area contributed by atoms with E-state index in [-0.39, 0.29) is 0 Å². The van der Waals surface area contributed by atoms with E-state index in [1.807, 2.05) is 0 Å². The molecule has 0 spiro atoms. The number of hydrogen-bond donors (Lipinski definition) is 0. The fraction of sp³-hybridized carbons (Fsp3) is 0.318. The molecule has 3 nitrogen and oxygen atoms in total. The summed E-state index contributed by atoms with van der Waals surface area (Å²) in [7, 11) is 0. The maximum Gasteiger partial charge on any atom is 0.0972 e. The van der Waals surface area contributed by atoms with Crippen LogP contribution in [0.15, 0.2) is 60.0 Å². The van der Waals surface area contributed by atoms with Crippen molar-refractivity contribution in [2.75, 3.05) is 31.1 Å². The Hall–Kier alpha value is -2.17. The second-order valence-electron chi connectivity index (χ2n) is 7.00. The standard InChI is InChI=1S/C22H25N3S/c1-18-6-5-9-21(14-18)25-12-10-24(11-13-25)16-20-17-26-22(23-20)15-19-7-3-2-4-8-19/h2-9,14,17H,10-13,15-16H2,1H3. The number of hydrogen-bond acceptors (Lipinski definition) is 4. The van der Waals surface area contributed by atoms with E-state index in [0.29, 0.717) is 0 Å². The number of nitrogens with zero attached hydrogens (tertiary/aromatic N) is 3. The summed E-state index contributed by atoms with van der Waals surface area (Å²) in [6.45, 7) is 7.50. The molecule has 26 heavy (non-hydrogen) atoms. The Balaban J connectivity index is 1.31. The summed E-state index contributed by atoms with van der Waals surface area (Å²) < 4.78 is 0. The molecule has 0 aliphatic carbocycles. The zero-order valence-electron chi connectivity index (χ0n) is 15.3. The maximum absolute atomic E-state index is 4.85. The molecule has 1 fully saturated rings. The molecule has 2 aromatic carbocycles. The molecule has 1 saturated heterocycles. The quantitative estimate of drug-likeness (QED) is 0.671. The monoisotopic (exact) mass is 363 g/mol. The molecule has 0 N–H and O–H groups in total. The molecule has 1 aliphatic heterocycles. The van der Waals surface area contributed by atoms with E-state index in [9.17, 15) is 0 Å². The summed E-state index contributed by atoms with van der Waals surface area (Å²) in [5.41, 5.74) is 5.23. The Morgan fingerprint density at radius 3 is 2.54 bits per heavy atom. The molecule has 1 aliphatic rings. The number of anilines is 1. The smallest absolute Gasteiger partial charge is 0.0972 e. The third-order valence-electron chi connectivity index (χ3n) is 4.92. The summed E-state index contributed by atoms with van der Waals surface area (Å²) in [6, 6.07) is 19.4. The van der Waals surface area contributed by atoms with Crippen molar-refractivity contribution in [1.29, 1.82) is 0 Å². The molecule has 2 heterocycles. The Morgan fingerprint density at radius 2 is 1.77 bits per heavy atom. The summed E-state index contributed by atoms with van der Waals surface area (Å²) in [6.07, 6.45) is 0.937. The van der Waals surface area contributed by atoms with Crippen molar-refractivity contribution in [1.82, 2.24) is 9.88 Å². The lowest BCUT2D eigenvalue weighted by Gasteiger charge is -2.35. The Morgan fingerprint density at radius 1 is 0.962 bits per heavy atom. The molecule has 0 bridgehead atoms. The van der Waals surface area contributed by atoms with Crippen molar-refractivity contribution >= 4 is 17.0 Å². The van der Waals surface area contributed by atoms with Crippen LogP contribution in [0.5, 0.6) is 0 Å². The molecule has 4 rings (SSSR count).